The summed E-state index contributed by atoms with van der Waals surface area (Å²) in [6, 6.07) is 0. The lowest BCUT2D eigenvalue weighted by Gasteiger charge is -2.22. The Bertz CT molecular complexity index is 344. The fourth-order valence-electron chi connectivity index (χ4n) is 2.04. The third-order valence-corrected chi connectivity index (χ3v) is 3.08. The molecule has 2 unspecified atom stereocenters. The molecule has 1 aliphatic heterocycles. The van der Waals surface area contributed by atoms with Crippen LogP contribution >= 0.6 is 0 Å². The van der Waals surface area contributed by atoms with Gasteiger partial charge in [0.2, 0.25) is 5.91 Å². The quantitative estimate of drug-likeness (QED) is 0.792. The number of carbonyl (C=O) groups is 1. The smallest absolute Gasteiger partial charge is 0.228 e. The van der Waals surface area contributed by atoms with Crippen molar-refractivity contribution in [3.8, 4) is 0 Å². The zero-order valence-corrected chi connectivity index (χ0v) is 9.39. The van der Waals surface area contributed by atoms with E-state index in [0.717, 1.165) is 25.9 Å². The van der Waals surface area contributed by atoms with Gasteiger partial charge in [-0.3, -0.25) is 4.79 Å². The molecular weight excluding hydrogens is 206 g/mol. The first-order valence-electron chi connectivity index (χ1n) is 5.66. The van der Waals surface area contributed by atoms with Crippen LogP contribution in [0.1, 0.15) is 31.7 Å². The molecule has 1 aromatic heterocycles. The molecule has 1 aromatic rings. The maximum atomic E-state index is 12.0. The molecule has 1 saturated heterocycles. The first kappa shape index (κ1) is 11.1. The largest absolute Gasteiger partial charge is 0.384 e. The molecule has 88 valence electrons. The summed E-state index contributed by atoms with van der Waals surface area (Å²) >= 11 is 0. The Labute approximate surface area is 94.5 Å². The van der Waals surface area contributed by atoms with Crippen LogP contribution in [0.25, 0.3) is 0 Å². The number of carbonyl (C=O) groups excluding carboxylic acids is 1. The number of aromatic nitrogens is 2. The molecule has 0 aromatic carbocycles. The van der Waals surface area contributed by atoms with Crippen LogP contribution in [0.4, 0.5) is 0 Å². The number of rotatable bonds is 3. The number of likely N-dealkylation sites (tertiary alicyclic amines) is 1. The molecule has 0 aliphatic carbocycles. The van der Waals surface area contributed by atoms with E-state index in [2.05, 4.69) is 9.97 Å². The van der Waals surface area contributed by atoms with Crippen molar-refractivity contribution in [2.75, 3.05) is 13.1 Å². The standard InChI is InChI=1S/C11H17N3O2/c1-8(9(15)10-12-4-5-13-10)11(16)14-6-2-3-7-14/h4-5,8-9,15H,2-3,6-7H2,1H3,(H,12,13). The van der Waals surface area contributed by atoms with Crippen molar-refractivity contribution in [1.29, 1.82) is 0 Å². The van der Waals surface area contributed by atoms with Crippen LogP contribution in [0, 0.1) is 5.92 Å². The number of nitrogens with zero attached hydrogens (tertiary/aromatic N) is 2. The number of hydrogen-bond donors (Lipinski definition) is 2. The lowest BCUT2D eigenvalue weighted by molar-refractivity contribution is -0.137. The minimum atomic E-state index is -0.844. The van der Waals surface area contributed by atoms with Crippen molar-refractivity contribution in [2.45, 2.75) is 25.9 Å². The van der Waals surface area contributed by atoms with Gasteiger partial charge in [-0.05, 0) is 12.8 Å². The van der Waals surface area contributed by atoms with Crippen LogP contribution in [-0.2, 0) is 4.79 Å². The summed E-state index contributed by atoms with van der Waals surface area (Å²) in [5.41, 5.74) is 0. The Morgan fingerprint density at radius 3 is 2.81 bits per heavy atom. The summed E-state index contributed by atoms with van der Waals surface area (Å²) in [5, 5.41) is 9.97. The van der Waals surface area contributed by atoms with E-state index in [-0.39, 0.29) is 5.91 Å². The van der Waals surface area contributed by atoms with Gasteiger partial charge in [-0.25, -0.2) is 4.98 Å². The average Bonchev–Trinajstić information content (AvgIpc) is 2.97. The van der Waals surface area contributed by atoms with Crippen LogP contribution in [0.2, 0.25) is 0 Å². The maximum absolute atomic E-state index is 12.0. The highest BCUT2D eigenvalue weighted by Crippen LogP contribution is 2.22. The molecule has 2 N–H and O–H groups in total. The Hall–Kier alpha value is -1.36. The van der Waals surface area contributed by atoms with E-state index in [1.807, 2.05) is 4.90 Å². The lowest BCUT2D eigenvalue weighted by atomic mass is 10.0. The molecule has 2 rings (SSSR count). The van der Waals surface area contributed by atoms with Crippen LogP contribution in [0.15, 0.2) is 12.4 Å². The van der Waals surface area contributed by atoms with Gasteiger partial charge in [-0.15, -0.1) is 0 Å². The lowest BCUT2D eigenvalue weighted by Crippen LogP contribution is -2.35. The highest BCUT2D eigenvalue weighted by molar-refractivity contribution is 5.79. The molecule has 0 bridgehead atoms. The summed E-state index contributed by atoms with van der Waals surface area (Å²) in [6.45, 7) is 3.37. The van der Waals surface area contributed by atoms with Crippen LogP contribution in [-0.4, -0.2) is 39.0 Å². The van der Waals surface area contributed by atoms with Crippen LogP contribution < -0.4 is 0 Å². The first-order chi connectivity index (χ1) is 7.70. The first-order valence-corrected chi connectivity index (χ1v) is 5.66. The van der Waals surface area contributed by atoms with Gasteiger partial charge in [0, 0.05) is 25.5 Å². The van der Waals surface area contributed by atoms with Gasteiger partial charge in [-0.1, -0.05) is 6.92 Å². The molecule has 0 radical (unpaired) electrons. The van der Waals surface area contributed by atoms with Crippen LogP contribution in [0.5, 0.6) is 0 Å². The highest BCUT2D eigenvalue weighted by Gasteiger charge is 2.30. The van der Waals surface area contributed by atoms with Gasteiger partial charge in [0.1, 0.15) is 11.9 Å². The summed E-state index contributed by atoms with van der Waals surface area (Å²) in [7, 11) is 0. The maximum Gasteiger partial charge on any atom is 0.228 e. The van der Waals surface area contributed by atoms with E-state index in [1.54, 1.807) is 19.3 Å². The number of nitrogens with one attached hydrogen (secondary N) is 1. The topological polar surface area (TPSA) is 69.2 Å². The van der Waals surface area contributed by atoms with E-state index >= 15 is 0 Å². The monoisotopic (exact) mass is 223 g/mol. The molecule has 5 nitrogen and oxygen atoms in total. The van der Waals surface area contributed by atoms with Crippen LogP contribution in [0.3, 0.4) is 0 Å². The zero-order valence-electron chi connectivity index (χ0n) is 9.39. The number of hydrogen-bond acceptors (Lipinski definition) is 3. The Morgan fingerprint density at radius 2 is 2.25 bits per heavy atom. The van der Waals surface area contributed by atoms with Gasteiger partial charge in [0.05, 0.1) is 5.92 Å². The van der Waals surface area contributed by atoms with Crippen molar-refractivity contribution >= 4 is 5.91 Å². The average molecular weight is 223 g/mol. The number of aliphatic hydroxyl groups is 1. The molecule has 1 aliphatic rings. The van der Waals surface area contributed by atoms with Crippen molar-refractivity contribution in [1.82, 2.24) is 14.9 Å². The zero-order chi connectivity index (χ0) is 11.5. The van der Waals surface area contributed by atoms with Gasteiger partial charge in [0.25, 0.3) is 0 Å². The fraction of sp³-hybridized carbons (Fsp3) is 0.636. The summed E-state index contributed by atoms with van der Waals surface area (Å²) in [5.74, 6) is 0.0331. The number of imidazole rings is 1. The second-order valence-corrected chi connectivity index (χ2v) is 4.24. The van der Waals surface area contributed by atoms with E-state index in [0.29, 0.717) is 5.82 Å². The number of H-pyrrole nitrogens is 1. The van der Waals surface area contributed by atoms with Crippen molar-refractivity contribution < 1.29 is 9.90 Å². The SMILES string of the molecule is CC(C(=O)N1CCCC1)C(O)c1ncc[nH]1. The molecule has 2 atom stereocenters. The highest BCUT2D eigenvalue weighted by atomic mass is 16.3. The number of aliphatic hydroxyl groups excluding tert-OH is 1. The number of amides is 1. The van der Waals surface area contributed by atoms with E-state index in [4.69, 9.17) is 0 Å². The minimum absolute atomic E-state index is 0.0152. The summed E-state index contributed by atoms with van der Waals surface area (Å²) in [6.07, 6.45) is 4.50. The molecule has 0 spiro atoms. The predicted octanol–water partition coefficient (Wildman–Crippen LogP) is 0.702. The Kier molecular flexibility index (Phi) is 3.24. The van der Waals surface area contributed by atoms with Gasteiger partial charge in [0.15, 0.2) is 0 Å². The number of aromatic amines is 1. The summed E-state index contributed by atoms with van der Waals surface area (Å²) < 4.78 is 0. The second-order valence-electron chi connectivity index (χ2n) is 4.24. The van der Waals surface area contributed by atoms with Gasteiger partial charge >= 0.3 is 0 Å². The Morgan fingerprint density at radius 1 is 1.56 bits per heavy atom. The van der Waals surface area contributed by atoms with Gasteiger partial charge < -0.3 is 15.0 Å². The van der Waals surface area contributed by atoms with E-state index < -0.39 is 12.0 Å². The van der Waals surface area contributed by atoms with Crippen molar-refractivity contribution in [3.63, 3.8) is 0 Å². The normalized spacial score (nSPS) is 19.8. The molecule has 1 amide bonds. The van der Waals surface area contributed by atoms with E-state index in [9.17, 15) is 9.90 Å². The van der Waals surface area contributed by atoms with E-state index in [1.165, 1.54) is 0 Å². The van der Waals surface area contributed by atoms with Crippen molar-refractivity contribution in [2.24, 2.45) is 5.92 Å². The minimum Gasteiger partial charge on any atom is -0.384 e. The second kappa shape index (κ2) is 4.65. The molecule has 0 saturated carbocycles. The molecule has 2 heterocycles. The Balaban J connectivity index is 2.01. The third-order valence-electron chi connectivity index (χ3n) is 3.08. The molecule has 1 fully saturated rings. The molecular formula is C11H17N3O2. The molecule has 16 heavy (non-hydrogen) atoms. The predicted molar refractivity (Wildman–Crippen MR) is 58.5 cm³/mol. The fourth-order valence-corrected chi connectivity index (χ4v) is 2.04. The third kappa shape index (κ3) is 2.09. The molecule has 5 heteroatoms. The van der Waals surface area contributed by atoms with Gasteiger partial charge in [-0.2, -0.15) is 0 Å². The van der Waals surface area contributed by atoms with Crippen molar-refractivity contribution in [3.05, 3.63) is 18.2 Å². The summed E-state index contributed by atoms with van der Waals surface area (Å²) in [4.78, 5) is 20.6.